The Morgan fingerprint density at radius 2 is 1.73 bits per heavy atom. The van der Waals surface area contributed by atoms with Gasteiger partial charge in [-0.1, -0.05) is 37.3 Å². The maximum atomic E-state index is 12.1. The summed E-state index contributed by atoms with van der Waals surface area (Å²) < 4.78 is 5.19. The zero-order valence-corrected chi connectivity index (χ0v) is 12.2. The Balaban J connectivity index is 2.04. The van der Waals surface area contributed by atoms with Crippen LogP contribution in [0.15, 0.2) is 54.6 Å². The molecule has 1 amide bonds. The normalized spacial score (nSPS) is 11.5. The van der Waals surface area contributed by atoms with Crippen molar-refractivity contribution in [1.29, 1.82) is 0 Å². The van der Waals surface area contributed by atoms with Crippen molar-refractivity contribution in [2.24, 2.45) is 0 Å². The van der Waals surface area contributed by atoms with E-state index >= 15 is 0 Å². The first kappa shape index (κ1) is 15.6. The molecule has 2 N–H and O–H groups in total. The van der Waals surface area contributed by atoms with Gasteiger partial charge in [-0.05, 0) is 30.7 Å². The van der Waals surface area contributed by atoms with Crippen LogP contribution in [0.25, 0.3) is 0 Å². The summed E-state index contributed by atoms with van der Waals surface area (Å²) in [6.45, 7) is 1.74. The molecule has 0 radical (unpaired) electrons. The van der Waals surface area contributed by atoms with E-state index in [0.717, 1.165) is 0 Å². The molecular weight excluding hydrogens is 282 g/mol. The Kier molecular flexibility index (Phi) is 5.14. The van der Waals surface area contributed by atoms with Crippen LogP contribution in [0.1, 0.15) is 23.7 Å². The van der Waals surface area contributed by atoms with E-state index in [2.05, 4.69) is 5.32 Å². The summed E-state index contributed by atoms with van der Waals surface area (Å²) in [6.07, 6.45) is -0.592. The van der Waals surface area contributed by atoms with Crippen LogP contribution in [0.4, 0.5) is 5.69 Å². The molecule has 0 bridgehead atoms. The van der Waals surface area contributed by atoms with E-state index in [0.29, 0.717) is 12.1 Å². The van der Waals surface area contributed by atoms with E-state index in [1.807, 2.05) is 6.07 Å². The highest BCUT2D eigenvalue weighted by Gasteiger charge is 2.23. The zero-order chi connectivity index (χ0) is 15.9. The minimum absolute atomic E-state index is 0.0356. The fourth-order valence-electron chi connectivity index (χ4n) is 1.91. The standard InChI is InChI=1S/C17H17NO4/c1-2-15(16(20)18-12-8-4-3-5-9-12)22-17(21)13-10-6-7-11-14(13)19/h3-11,15,19H,2H2,1H3,(H,18,20). The van der Waals surface area contributed by atoms with Crippen molar-refractivity contribution >= 4 is 17.6 Å². The lowest BCUT2D eigenvalue weighted by molar-refractivity contribution is -0.124. The Labute approximate surface area is 128 Å². The lowest BCUT2D eigenvalue weighted by Crippen LogP contribution is -2.32. The molecule has 5 heteroatoms. The summed E-state index contributed by atoms with van der Waals surface area (Å²) in [5.74, 6) is -1.31. The first-order valence-electron chi connectivity index (χ1n) is 6.96. The number of hydrogen-bond donors (Lipinski definition) is 2. The average Bonchev–Trinajstić information content (AvgIpc) is 2.53. The van der Waals surface area contributed by atoms with Crippen LogP contribution in [0, 0.1) is 0 Å². The highest BCUT2D eigenvalue weighted by Crippen LogP contribution is 2.18. The second-order valence-electron chi connectivity index (χ2n) is 4.67. The number of phenolic OH excluding ortho intramolecular Hbond substituents is 1. The molecule has 0 fully saturated rings. The molecule has 2 aromatic carbocycles. The molecule has 1 atom stereocenters. The number of benzene rings is 2. The van der Waals surface area contributed by atoms with Gasteiger partial charge in [-0.2, -0.15) is 0 Å². The molecule has 0 aliphatic rings. The summed E-state index contributed by atoms with van der Waals surface area (Å²) in [5, 5.41) is 12.3. The quantitative estimate of drug-likeness (QED) is 0.832. The molecule has 114 valence electrons. The molecule has 2 aromatic rings. The number of nitrogens with one attached hydrogen (secondary N) is 1. The number of esters is 1. The third kappa shape index (κ3) is 3.85. The van der Waals surface area contributed by atoms with Crippen LogP contribution in [-0.2, 0) is 9.53 Å². The molecule has 0 aliphatic carbocycles. The first-order chi connectivity index (χ1) is 10.6. The van der Waals surface area contributed by atoms with Gasteiger partial charge in [-0.25, -0.2) is 4.79 Å². The lowest BCUT2D eigenvalue weighted by Gasteiger charge is -2.16. The van der Waals surface area contributed by atoms with Crippen molar-refractivity contribution in [1.82, 2.24) is 0 Å². The van der Waals surface area contributed by atoms with E-state index in [4.69, 9.17) is 4.74 Å². The molecule has 0 aliphatic heterocycles. The van der Waals surface area contributed by atoms with Gasteiger partial charge in [0.2, 0.25) is 0 Å². The second-order valence-corrected chi connectivity index (χ2v) is 4.67. The van der Waals surface area contributed by atoms with Crippen LogP contribution < -0.4 is 5.32 Å². The smallest absolute Gasteiger partial charge is 0.342 e. The molecule has 2 rings (SSSR count). The summed E-state index contributed by atoms with van der Waals surface area (Å²) in [7, 11) is 0. The number of ether oxygens (including phenoxy) is 1. The van der Waals surface area contributed by atoms with Gasteiger partial charge < -0.3 is 15.2 Å². The van der Waals surface area contributed by atoms with Crippen molar-refractivity contribution in [3.05, 3.63) is 60.2 Å². The predicted octanol–water partition coefficient (Wildman–Crippen LogP) is 2.97. The van der Waals surface area contributed by atoms with Crippen molar-refractivity contribution in [3.63, 3.8) is 0 Å². The van der Waals surface area contributed by atoms with Crippen molar-refractivity contribution in [3.8, 4) is 5.75 Å². The average molecular weight is 299 g/mol. The number of hydrogen-bond acceptors (Lipinski definition) is 4. The van der Waals surface area contributed by atoms with Crippen LogP contribution in [0.2, 0.25) is 0 Å². The van der Waals surface area contributed by atoms with E-state index < -0.39 is 18.0 Å². The van der Waals surface area contributed by atoms with Crippen molar-refractivity contribution in [2.75, 3.05) is 5.32 Å². The van der Waals surface area contributed by atoms with Crippen molar-refractivity contribution in [2.45, 2.75) is 19.4 Å². The summed E-state index contributed by atoms with van der Waals surface area (Å²) >= 11 is 0. The molecule has 0 saturated carbocycles. The fraction of sp³-hybridized carbons (Fsp3) is 0.176. The summed E-state index contributed by atoms with van der Waals surface area (Å²) in [6, 6.07) is 15.0. The van der Waals surface area contributed by atoms with E-state index in [1.54, 1.807) is 43.3 Å². The molecule has 0 spiro atoms. The summed E-state index contributed by atoms with van der Waals surface area (Å²) in [5.41, 5.74) is 0.665. The van der Waals surface area contributed by atoms with Crippen LogP contribution in [0.5, 0.6) is 5.75 Å². The third-order valence-corrected chi connectivity index (χ3v) is 3.08. The maximum absolute atomic E-state index is 12.1. The first-order valence-corrected chi connectivity index (χ1v) is 6.96. The Morgan fingerprint density at radius 3 is 2.36 bits per heavy atom. The number of carbonyl (C=O) groups excluding carboxylic acids is 2. The highest BCUT2D eigenvalue weighted by molar-refractivity contribution is 5.98. The molecular formula is C17H17NO4. The van der Waals surface area contributed by atoms with Gasteiger partial charge in [-0.15, -0.1) is 0 Å². The Hall–Kier alpha value is -2.82. The number of amides is 1. The molecule has 0 saturated heterocycles. The molecule has 0 aromatic heterocycles. The van der Waals surface area contributed by atoms with E-state index in [1.165, 1.54) is 12.1 Å². The van der Waals surface area contributed by atoms with Gasteiger partial charge in [0.05, 0.1) is 0 Å². The van der Waals surface area contributed by atoms with Crippen LogP contribution in [-0.4, -0.2) is 23.1 Å². The predicted molar refractivity (Wildman–Crippen MR) is 82.7 cm³/mol. The third-order valence-electron chi connectivity index (χ3n) is 3.08. The maximum Gasteiger partial charge on any atom is 0.342 e. The fourth-order valence-corrected chi connectivity index (χ4v) is 1.91. The Morgan fingerprint density at radius 1 is 1.09 bits per heavy atom. The molecule has 5 nitrogen and oxygen atoms in total. The van der Waals surface area contributed by atoms with Gasteiger partial charge in [0.25, 0.3) is 5.91 Å². The SMILES string of the molecule is CCC(OC(=O)c1ccccc1O)C(=O)Nc1ccccc1. The van der Waals surface area contributed by atoms with Crippen molar-refractivity contribution < 1.29 is 19.4 Å². The van der Waals surface area contributed by atoms with Gasteiger partial charge >= 0.3 is 5.97 Å². The Bertz CT molecular complexity index is 655. The van der Waals surface area contributed by atoms with Crippen LogP contribution >= 0.6 is 0 Å². The number of rotatable bonds is 5. The topological polar surface area (TPSA) is 75.6 Å². The van der Waals surface area contributed by atoms with Crippen LogP contribution in [0.3, 0.4) is 0 Å². The van der Waals surface area contributed by atoms with Gasteiger partial charge in [-0.3, -0.25) is 4.79 Å². The molecule has 0 heterocycles. The van der Waals surface area contributed by atoms with E-state index in [-0.39, 0.29) is 11.3 Å². The van der Waals surface area contributed by atoms with Gasteiger partial charge in [0, 0.05) is 5.69 Å². The van der Waals surface area contributed by atoms with Gasteiger partial charge in [0.1, 0.15) is 11.3 Å². The highest BCUT2D eigenvalue weighted by atomic mass is 16.5. The number of carbonyl (C=O) groups is 2. The molecule has 22 heavy (non-hydrogen) atoms. The number of phenols is 1. The minimum Gasteiger partial charge on any atom is -0.507 e. The monoisotopic (exact) mass is 299 g/mol. The lowest BCUT2D eigenvalue weighted by atomic mass is 10.2. The zero-order valence-electron chi connectivity index (χ0n) is 12.2. The second kappa shape index (κ2) is 7.26. The minimum atomic E-state index is -0.924. The van der Waals surface area contributed by atoms with Gasteiger partial charge in [0.15, 0.2) is 6.10 Å². The number of aromatic hydroxyl groups is 1. The number of anilines is 1. The molecule has 1 unspecified atom stereocenters. The largest absolute Gasteiger partial charge is 0.507 e. The number of para-hydroxylation sites is 2. The van der Waals surface area contributed by atoms with E-state index in [9.17, 15) is 14.7 Å². The summed E-state index contributed by atoms with van der Waals surface area (Å²) in [4.78, 5) is 24.2.